The van der Waals surface area contributed by atoms with E-state index in [0.29, 0.717) is 5.56 Å². The Balaban J connectivity index is 2.42. The number of hydrogen-bond donors (Lipinski definition) is 0. The fourth-order valence-electron chi connectivity index (χ4n) is 1.78. The third kappa shape index (κ3) is 2.44. The van der Waals surface area contributed by atoms with Gasteiger partial charge in [-0.15, -0.1) is 0 Å². The van der Waals surface area contributed by atoms with Crippen molar-refractivity contribution in [2.24, 2.45) is 0 Å². The van der Waals surface area contributed by atoms with E-state index < -0.39 is 0 Å². The van der Waals surface area contributed by atoms with Gasteiger partial charge in [-0.2, -0.15) is 0 Å². The van der Waals surface area contributed by atoms with Gasteiger partial charge in [0.1, 0.15) is 5.82 Å². The van der Waals surface area contributed by atoms with Crippen molar-refractivity contribution in [1.29, 1.82) is 0 Å². The van der Waals surface area contributed by atoms with E-state index >= 15 is 0 Å². The molecule has 0 bridgehead atoms. The van der Waals surface area contributed by atoms with E-state index in [-0.39, 0.29) is 11.7 Å². The van der Waals surface area contributed by atoms with Crippen molar-refractivity contribution in [3.63, 3.8) is 0 Å². The van der Waals surface area contributed by atoms with Gasteiger partial charge >= 0.3 is 0 Å². The first kappa shape index (κ1) is 11.6. The highest BCUT2D eigenvalue weighted by Crippen LogP contribution is 2.26. The summed E-state index contributed by atoms with van der Waals surface area (Å²) in [6.07, 6.45) is 1.57. The lowest BCUT2D eigenvalue weighted by molar-refractivity contribution is 0.628. The molecule has 0 aliphatic heterocycles. The monoisotopic (exact) mass is 225 g/mol. The molecule has 0 heterocycles. The summed E-state index contributed by atoms with van der Waals surface area (Å²) in [5.41, 5.74) is 2.41. The van der Waals surface area contributed by atoms with Gasteiger partial charge in [-0.1, -0.05) is 62.0 Å². The van der Waals surface area contributed by atoms with Gasteiger partial charge in [-0.05, 0) is 23.1 Å². The van der Waals surface area contributed by atoms with Gasteiger partial charge in [-0.3, -0.25) is 0 Å². The van der Waals surface area contributed by atoms with Gasteiger partial charge in [0.25, 0.3) is 0 Å². The smallest absolute Gasteiger partial charge is 0.131 e. The second-order valence-corrected chi connectivity index (χ2v) is 4.09. The summed E-state index contributed by atoms with van der Waals surface area (Å²) in [6, 6.07) is 14.8. The second-order valence-electron chi connectivity index (χ2n) is 4.09. The van der Waals surface area contributed by atoms with Crippen LogP contribution in [0.15, 0.2) is 54.6 Å². The quantitative estimate of drug-likeness (QED) is 0.717. The van der Waals surface area contributed by atoms with Crippen molar-refractivity contribution in [3.8, 4) is 11.1 Å². The zero-order chi connectivity index (χ0) is 12.3. The topological polar surface area (TPSA) is 0 Å². The summed E-state index contributed by atoms with van der Waals surface area (Å²) in [4.78, 5) is 0. The SMILES string of the molecule is [CH]=CC(C)c1ccc(-c2ccccc2)c(F)c1. The van der Waals surface area contributed by atoms with Crippen LogP contribution in [0, 0.1) is 12.4 Å². The van der Waals surface area contributed by atoms with Crippen LogP contribution in [0.3, 0.4) is 0 Å². The van der Waals surface area contributed by atoms with Crippen LogP contribution in [0.25, 0.3) is 11.1 Å². The molecule has 1 heteroatoms. The number of benzene rings is 2. The molecule has 1 radical (unpaired) electrons. The van der Waals surface area contributed by atoms with Crippen molar-refractivity contribution >= 4 is 0 Å². The van der Waals surface area contributed by atoms with Gasteiger partial charge in [0.15, 0.2) is 0 Å². The van der Waals surface area contributed by atoms with Crippen LogP contribution < -0.4 is 0 Å². The van der Waals surface area contributed by atoms with Crippen molar-refractivity contribution in [3.05, 3.63) is 72.6 Å². The molecule has 0 aromatic heterocycles. The summed E-state index contributed by atoms with van der Waals surface area (Å²) in [7, 11) is 0. The molecule has 1 atom stereocenters. The second kappa shape index (κ2) is 4.96. The Hall–Kier alpha value is -1.89. The third-order valence-corrected chi connectivity index (χ3v) is 2.89. The van der Waals surface area contributed by atoms with Gasteiger partial charge < -0.3 is 0 Å². The predicted molar refractivity (Wildman–Crippen MR) is 69.1 cm³/mol. The van der Waals surface area contributed by atoms with E-state index in [9.17, 15) is 4.39 Å². The molecule has 0 aliphatic carbocycles. The number of rotatable bonds is 3. The van der Waals surface area contributed by atoms with Crippen LogP contribution in [-0.4, -0.2) is 0 Å². The molecule has 0 aliphatic rings. The number of hydrogen-bond acceptors (Lipinski definition) is 0. The van der Waals surface area contributed by atoms with E-state index in [0.717, 1.165) is 11.1 Å². The zero-order valence-corrected chi connectivity index (χ0v) is 9.73. The van der Waals surface area contributed by atoms with Gasteiger partial charge in [0.2, 0.25) is 0 Å². The molecule has 2 aromatic rings. The average Bonchev–Trinajstić information content (AvgIpc) is 2.38. The summed E-state index contributed by atoms with van der Waals surface area (Å²) in [6.45, 7) is 7.40. The Morgan fingerprint density at radius 3 is 2.41 bits per heavy atom. The Morgan fingerprint density at radius 1 is 1.12 bits per heavy atom. The van der Waals surface area contributed by atoms with Crippen LogP contribution in [0.2, 0.25) is 0 Å². The highest BCUT2D eigenvalue weighted by Gasteiger charge is 2.08. The molecule has 0 fully saturated rings. The minimum absolute atomic E-state index is 0.0642. The zero-order valence-electron chi connectivity index (χ0n) is 9.73. The first-order chi connectivity index (χ1) is 8.22. The van der Waals surface area contributed by atoms with Gasteiger partial charge in [0, 0.05) is 5.56 Å². The van der Waals surface area contributed by atoms with Crippen LogP contribution in [-0.2, 0) is 0 Å². The van der Waals surface area contributed by atoms with Crippen LogP contribution in [0.5, 0.6) is 0 Å². The minimum Gasteiger partial charge on any atom is -0.206 e. The Labute approximate surface area is 101 Å². The highest BCUT2D eigenvalue weighted by molar-refractivity contribution is 5.64. The highest BCUT2D eigenvalue weighted by atomic mass is 19.1. The first-order valence-electron chi connectivity index (χ1n) is 5.62. The maximum Gasteiger partial charge on any atom is 0.131 e. The largest absolute Gasteiger partial charge is 0.206 e. The van der Waals surface area contributed by atoms with Crippen LogP contribution in [0.4, 0.5) is 4.39 Å². The Morgan fingerprint density at radius 2 is 1.82 bits per heavy atom. The van der Waals surface area contributed by atoms with Gasteiger partial charge in [-0.25, -0.2) is 4.39 Å². The fraction of sp³-hybridized carbons (Fsp3) is 0.125. The number of allylic oxidation sites excluding steroid dienone is 1. The maximum absolute atomic E-state index is 14.0. The molecule has 2 aromatic carbocycles. The summed E-state index contributed by atoms with van der Waals surface area (Å²) in [5, 5.41) is 0. The molecule has 0 N–H and O–H groups in total. The predicted octanol–water partition coefficient (Wildman–Crippen LogP) is 4.59. The van der Waals surface area contributed by atoms with Crippen LogP contribution in [0.1, 0.15) is 18.4 Å². The Kier molecular flexibility index (Phi) is 3.38. The van der Waals surface area contributed by atoms with E-state index in [1.165, 1.54) is 0 Å². The molecule has 0 saturated heterocycles. The lowest BCUT2D eigenvalue weighted by Gasteiger charge is -2.09. The van der Waals surface area contributed by atoms with Crippen molar-refractivity contribution < 1.29 is 4.39 Å². The van der Waals surface area contributed by atoms with E-state index in [1.54, 1.807) is 18.2 Å². The standard InChI is InChI=1S/C16H14F/c1-3-12(2)14-9-10-15(16(17)11-14)13-7-5-4-6-8-13/h1,3-12H,2H3. The third-order valence-electron chi connectivity index (χ3n) is 2.89. The average molecular weight is 225 g/mol. The molecule has 17 heavy (non-hydrogen) atoms. The Bertz CT molecular complexity index is 514. The molecule has 0 amide bonds. The maximum atomic E-state index is 14.0. The summed E-state index contributed by atoms with van der Waals surface area (Å²) >= 11 is 0. The van der Waals surface area contributed by atoms with Crippen molar-refractivity contribution in [2.75, 3.05) is 0 Å². The molecular weight excluding hydrogens is 211 g/mol. The van der Waals surface area contributed by atoms with Crippen molar-refractivity contribution in [2.45, 2.75) is 12.8 Å². The molecule has 0 spiro atoms. The van der Waals surface area contributed by atoms with E-state index in [2.05, 4.69) is 0 Å². The molecule has 0 saturated carbocycles. The van der Waals surface area contributed by atoms with Gasteiger partial charge in [0.05, 0.1) is 0 Å². The summed E-state index contributed by atoms with van der Waals surface area (Å²) < 4.78 is 14.0. The number of halogens is 1. The normalized spacial score (nSPS) is 12.1. The minimum atomic E-state index is -0.206. The lowest BCUT2D eigenvalue weighted by Crippen LogP contribution is -1.92. The van der Waals surface area contributed by atoms with E-state index in [1.807, 2.05) is 43.3 Å². The van der Waals surface area contributed by atoms with Crippen molar-refractivity contribution in [1.82, 2.24) is 0 Å². The molecular formula is C16H14F. The van der Waals surface area contributed by atoms with Crippen LogP contribution >= 0.6 is 0 Å². The molecule has 1 unspecified atom stereocenters. The first-order valence-corrected chi connectivity index (χ1v) is 5.62. The summed E-state index contributed by atoms with van der Waals surface area (Å²) in [5.74, 6) is -0.142. The fourth-order valence-corrected chi connectivity index (χ4v) is 1.78. The molecule has 85 valence electrons. The lowest BCUT2D eigenvalue weighted by atomic mass is 9.97. The molecule has 2 rings (SSSR count). The molecule has 0 nitrogen and oxygen atoms in total. The van der Waals surface area contributed by atoms with E-state index in [4.69, 9.17) is 6.58 Å².